The van der Waals surface area contributed by atoms with Crippen molar-refractivity contribution in [3.8, 4) is 0 Å². The lowest BCUT2D eigenvalue weighted by Crippen LogP contribution is -2.32. The van der Waals surface area contributed by atoms with Crippen LogP contribution in [0, 0.1) is 13.8 Å². The van der Waals surface area contributed by atoms with Crippen molar-refractivity contribution in [2.24, 2.45) is 0 Å². The van der Waals surface area contributed by atoms with Crippen LogP contribution in [0.5, 0.6) is 0 Å². The molecule has 1 aliphatic carbocycles. The van der Waals surface area contributed by atoms with E-state index in [1.54, 1.807) is 0 Å². The third-order valence-corrected chi connectivity index (χ3v) is 3.14. The van der Waals surface area contributed by atoms with Crippen molar-refractivity contribution in [1.29, 1.82) is 0 Å². The largest absolute Gasteiger partial charge is 0.361 e. The molecule has 1 aromatic heterocycles. The van der Waals surface area contributed by atoms with Crippen LogP contribution in [0.25, 0.3) is 0 Å². The predicted molar refractivity (Wildman–Crippen MR) is 64.6 cm³/mol. The number of nitrogens with zero attached hydrogens (tertiary/aromatic N) is 1. The topological polar surface area (TPSA) is 55.1 Å². The van der Waals surface area contributed by atoms with Gasteiger partial charge in [-0.25, -0.2) is 0 Å². The van der Waals surface area contributed by atoms with Gasteiger partial charge in [0.1, 0.15) is 5.76 Å². The molecule has 1 amide bonds. The van der Waals surface area contributed by atoms with Crippen LogP contribution in [0.15, 0.2) is 16.7 Å². The van der Waals surface area contributed by atoms with Crippen LogP contribution in [0.2, 0.25) is 0 Å². The first-order chi connectivity index (χ1) is 8.16. The van der Waals surface area contributed by atoms with Gasteiger partial charge in [-0.2, -0.15) is 0 Å². The molecular weight excluding hydrogens is 216 g/mol. The first-order valence-corrected chi connectivity index (χ1v) is 6.04. The smallest absolute Gasteiger partial charge is 0.220 e. The van der Waals surface area contributed by atoms with Crippen LogP contribution in [0.4, 0.5) is 0 Å². The van der Waals surface area contributed by atoms with E-state index < -0.39 is 0 Å². The number of aryl methyl sites for hydroxylation is 2. The van der Waals surface area contributed by atoms with Gasteiger partial charge in [0.2, 0.25) is 5.91 Å². The average Bonchev–Trinajstić information content (AvgIpc) is 2.88. The van der Waals surface area contributed by atoms with Crippen LogP contribution >= 0.6 is 0 Å². The van der Waals surface area contributed by atoms with Gasteiger partial charge in [0.15, 0.2) is 0 Å². The Morgan fingerprint density at radius 2 is 2.41 bits per heavy atom. The molecule has 0 radical (unpaired) electrons. The summed E-state index contributed by atoms with van der Waals surface area (Å²) in [4.78, 5) is 11.7. The fourth-order valence-corrected chi connectivity index (χ4v) is 2.13. The van der Waals surface area contributed by atoms with Gasteiger partial charge in [-0.3, -0.25) is 4.79 Å². The summed E-state index contributed by atoms with van der Waals surface area (Å²) < 4.78 is 5.07. The molecule has 1 atom stereocenters. The number of allylic oxidation sites excluding steroid dienone is 1. The molecule has 0 aromatic carbocycles. The zero-order valence-electron chi connectivity index (χ0n) is 10.3. The molecule has 0 saturated heterocycles. The van der Waals surface area contributed by atoms with Crippen LogP contribution in [0.3, 0.4) is 0 Å². The van der Waals surface area contributed by atoms with Gasteiger partial charge in [0, 0.05) is 18.0 Å². The quantitative estimate of drug-likeness (QED) is 0.811. The Balaban J connectivity index is 1.81. The molecule has 2 rings (SSSR count). The minimum absolute atomic E-state index is 0.0987. The first kappa shape index (κ1) is 11.9. The van der Waals surface area contributed by atoms with Gasteiger partial charge in [-0.15, -0.1) is 0 Å². The lowest BCUT2D eigenvalue weighted by Gasteiger charge is -2.10. The van der Waals surface area contributed by atoms with Gasteiger partial charge in [0.25, 0.3) is 0 Å². The number of carbonyl (C=O) groups excluding carboxylic acids is 1. The maximum absolute atomic E-state index is 11.7. The summed E-state index contributed by atoms with van der Waals surface area (Å²) in [6, 6.07) is 0.229. The third kappa shape index (κ3) is 2.96. The van der Waals surface area contributed by atoms with Crippen molar-refractivity contribution in [2.45, 2.75) is 45.6 Å². The molecule has 92 valence electrons. The monoisotopic (exact) mass is 234 g/mol. The Hall–Kier alpha value is -1.58. The van der Waals surface area contributed by atoms with E-state index in [1.165, 1.54) is 0 Å². The standard InChI is InChI=1S/C13H18N2O2/c1-9-12(10(2)17-15-9)7-8-13(16)14-11-5-3-4-6-11/h3,5,11H,4,6-8H2,1-2H3,(H,14,16). The summed E-state index contributed by atoms with van der Waals surface area (Å²) in [6.45, 7) is 3.79. The number of carbonyl (C=O) groups is 1. The summed E-state index contributed by atoms with van der Waals surface area (Å²) in [5.74, 6) is 0.914. The molecule has 0 spiro atoms. The lowest BCUT2D eigenvalue weighted by atomic mass is 10.1. The second-order valence-corrected chi connectivity index (χ2v) is 4.48. The zero-order valence-corrected chi connectivity index (χ0v) is 10.3. The first-order valence-electron chi connectivity index (χ1n) is 6.04. The molecule has 0 fully saturated rings. The molecular formula is C13H18N2O2. The molecule has 0 saturated carbocycles. The van der Waals surface area contributed by atoms with Gasteiger partial charge >= 0.3 is 0 Å². The van der Waals surface area contributed by atoms with Crippen molar-refractivity contribution in [2.75, 3.05) is 0 Å². The van der Waals surface area contributed by atoms with Gasteiger partial charge in [-0.1, -0.05) is 17.3 Å². The fourth-order valence-electron chi connectivity index (χ4n) is 2.13. The fraction of sp³-hybridized carbons (Fsp3) is 0.538. The minimum Gasteiger partial charge on any atom is -0.361 e. The molecule has 1 heterocycles. The molecule has 1 N–H and O–H groups in total. The molecule has 17 heavy (non-hydrogen) atoms. The average molecular weight is 234 g/mol. The molecule has 1 aromatic rings. The maximum Gasteiger partial charge on any atom is 0.220 e. The van der Waals surface area contributed by atoms with Crippen LogP contribution < -0.4 is 5.32 Å². The van der Waals surface area contributed by atoms with E-state index in [1.807, 2.05) is 13.8 Å². The number of aromatic nitrogens is 1. The molecule has 4 heteroatoms. The highest BCUT2D eigenvalue weighted by Crippen LogP contribution is 2.14. The summed E-state index contributed by atoms with van der Waals surface area (Å²) in [5, 5.41) is 6.88. The number of nitrogens with one attached hydrogen (secondary N) is 1. The van der Waals surface area contributed by atoms with E-state index in [2.05, 4.69) is 22.6 Å². The van der Waals surface area contributed by atoms with E-state index in [4.69, 9.17) is 4.52 Å². The van der Waals surface area contributed by atoms with Gasteiger partial charge in [0.05, 0.1) is 5.69 Å². The van der Waals surface area contributed by atoms with E-state index in [-0.39, 0.29) is 11.9 Å². The van der Waals surface area contributed by atoms with E-state index >= 15 is 0 Å². The van der Waals surface area contributed by atoms with Crippen molar-refractivity contribution in [3.05, 3.63) is 29.2 Å². The molecule has 1 aliphatic rings. The highest BCUT2D eigenvalue weighted by atomic mass is 16.5. The Bertz CT molecular complexity index is 415. The van der Waals surface area contributed by atoms with Gasteiger partial charge in [-0.05, 0) is 33.1 Å². The summed E-state index contributed by atoms with van der Waals surface area (Å²) >= 11 is 0. The van der Waals surface area contributed by atoms with Crippen molar-refractivity contribution in [1.82, 2.24) is 10.5 Å². The third-order valence-electron chi connectivity index (χ3n) is 3.14. The van der Waals surface area contributed by atoms with Crippen LogP contribution in [0.1, 0.15) is 36.3 Å². The Morgan fingerprint density at radius 3 is 3.00 bits per heavy atom. The van der Waals surface area contributed by atoms with E-state index in [0.717, 1.165) is 29.9 Å². The number of hydrogen-bond donors (Lipinski definition) is 1. The second kappa shape index (κ2) is 5.17. The number of rotatable bonds is 4. The number of hydrogen-bond acceptors (Lipinski definition) is 3. The summed E-state index contributed by atoms with van der Waals surface area (Å²) in [6.07, 6.45) is 7.45. The van der Waals surface area contributed by atoms with Crippen molar-refractivity contribution in [3.63, 3.8) is 0 Å². The Kier molecular flexibility index (Phi) is 3.61. The van der Waals surface area contributed by atoms with E-state index in [9.17, 15) is 4.79 Å². The summed E-state index contributed by atoms with van der Waals surface area (Å²) in [5.41, 5.74) is 1.94. The molecule has 4 nitrogen and oxygen atoms in total. The zero-order chi connectivity index (χ0) is 12.3. The Labute approximate surface area is 101 Å². The normalized spacial score (nSPS) is 18.6. The number of amides is 1. The second-order valence-electron chi connectivity index (χ2n) is 4.48. The van der Waals surface area contributed by atoms with Gasteiger partial charge < -0.3 is 9.84 Å². The predicted octanol–water partition coefficient (Wildman–Crippen LogP) is 2.06. The molecule has 0 aliphatic heterocycles. The highest BCUT2D eigenvalue weighted by molar-refractivity contribution is 5.76. The Morgan fingerprint density at radius 1 is 1.59 bits per heavy atom. The molecule has 1 unspecified atom stereocenters. The van der Waals surface area contributed by atoms with E-state index in [0.29, 0.717) is 12.8 Å². The lowest BCUT2D eigenvalue weighted by molar-refractivity contribution is -0.121. The maximum atomic E-state index is 11.7. The minimum atomic E-state index is 0.0987. The SMILES string of the molecule is Cc1noc(C)c1CCC(=O)NC1C=CCC1. The van der Waals surface area contributed by atoms with Crippen LogP contribution in [-0.2, 0) is 11.2 Å². The molecule has 0 bridgehead atoms. The summed E-state index contributed by atoms with van der Waals surface area (Å²) in [7, 11) is 0. The van der Waals surface area contributed by atoms with Crippen molar-refractivity contribution >= 4 is 5.91 Å². The van der Waals surface area contributed by atoms with Crippen molar-refractivity contribution < 1.29 is 9.32 Å². The highest BCUT2D eigenvalue weighted by Gasteiger charge is 2.14. The van der Waals surface area contributed by atoms with Crippen LogP contribution in [-0.4, -0.2) is 17.1 Å².